The summed E-state index contributed by atoms with van der Waals surface area (Å²) in [6, 6.07) is 5.75. The number of hydrogen-bond acceptors (Lipinski definition) is 2. The fourth-order valence-electron chi connectivity index (χ4n) is 3.95. The average molecular weight is 341 g/mol. The molecule has 4 rings (SSSR count). The number of nitrogens with one attached hydrogen (secondary N) is 2. The van der Waals surface area contributed by atoms with E-state index in [9.17, 15) is 9.18 Å². The van der Waals surface area contributed by atoms with Crippen molar-refractivity contribution in [1.29, 1.82) is 0 Å². The predicted octanol–water partition coefficient (Wildman–Crippen LogP) is 4.85. The van der Waals surface area contributed by atoms with Crippen molar-refractivity contribution in [3.05, 3.63) is 52.4 Å². The number of rotatable bonds is 4. The molecule has 2 aromatic rings. The lowest BCUT2D eigenvalue weighted by atomic mass is 9.89. The third-order valence-corrected chi connectivity index (χ3v) is 5.33. The van der Waals surface area contributed by atoms with Crippen molar-refractivity contribution in [3.63, 3.8) is 0 Å². The van der Waals surface area contributed by atoms with E-state index in [2.05, 4.69) is 10.3 Å². The van der Waals surface area contributed by atoms with Gasteiger partial charge in [-0.2, -0.15) is 0 Å². The van der Waals surface area contributed by atoms with E-state index >= 15 is 0 Å². The third kappa shape index (κ3) is 3.41. The van der Waals surface area contributed by atoms with Gasteiger partial charge in [0.25, 0.3) is 0 Å². The van der Waals surface area contributed by atoms with E-state index in [-0.39, 0.29) is 11.5 Å². The molecule has 1 fully saturated rings. The van der Waals surface area contributed by atoms with Crippen LogP contribution in [-0.2, 0) is 6.54 Å². The van der Waals surface area contributed by atoms with Gasteiger partial charge in [-0.25, -0.2) is 9.18 Å². The summed E-state index contributed by atoms with van der Waals surface area (Å²) in [4.78, 5) is 15.3. The molecule has 5 heteroatoms. The minimum absolute atomic E-state index is 0.0549. The highest BCUT2D eigenvalue weighted by Crippen LogP contribution is 2.27. The maximum absolute atomic E-state index is 13.9. The van der Waals surface area contributed by atoms with Gasteiger partial charge >= 0.3 is 5.69 Å². The first-order valence-corrected chi connectivity index (χ1v) is 9.25. The molecule has 1 aromatic heterocycles. The Hall–Kier alpha value is -2.30. The Balaban J connectivity index is 1.59. The van der Waals surface area contributed by atoms with Crippen LogP contribution in [0, 0.1) is 5.92 Å². The molecule has 0 radical (unpaired) electrons. The molecule has 4 nitrogen and oxygen atoms in total. The van der Waals surface area contributed by atoms with E-state index in [0.717, 1.165) is 29.7 Å². The Bertz CT molecular complexity index is 884. The van der Waals surface area contributed by atoms with Crippen molar-refractivity contribution in [1.82, 2.24) is 9.55 Å². The van der Waals surface area contributed by atoms with E-state index < -0.39 is 0 Å². The molecule has 1 aromatic carbocycles. The number of halogens is 1. The zero-order chi connectivity index (χ0) is 17.2. The highest BCUT2D eigenvalue weighted by atomic mass is 19.1. The van der Waals surface area contributed by atoms with Crippen LogP contribution in [0.2, 0.25) is 0 Å². The largest absolute Gasteiger partial charge is 0.353 e. The quantitative estimate of drug-likeness (QED) is 0.835. The smallest absolute Gasteiger partial charge is 0.326 e. The lowest BCUT2D eigenvalue weighted by Crippen LogP contribution is -2.22. The summed E-state index contributed by atoms with van der Waals surface area (Å²) in [5, 5.41) is 3.12. The summed E-state index contributed by atoms with van der Waals surface area (Å²) in [6.45, 7) is 0.786. The van der Waals surface area contributed by atoms with Gasteiger partial charge < -0.3 is 10.3 Å². The van der Waals surface area contributed by atoms with Gasteiger partial charge in [-0.15, -0.1) is 0 Å². The maximum Gasteiger partial charge on any atom is 0.326 e. The molecule has 0 bridgehead atoms. The molecule has 25 heavy (non-hydrogen) atoms. The molecule has 0 amide bonds. The Kier molecular flexibility index (Phi) is 4.47. The van der Waals surface area contributed by atoms with Crippen molar-refractivity contribution < 1.29 is 4.39 Å². The van der Waals surface area contributed by atoms with Gasteiger partial charge in [0.05, 0.1) is 16.7 Å². The zero-order valence-electron chi connectivity index (χ0n) is 14.4. The number of hydrogen-bond donors (Lipinski definition) is 2. The van der Waals surface area contributed by atoms with Gasteiger partial charge in [0, 0.05) is 18.7 Å². The molecular weight excluding hydrogens is 317 g/mol. The summed E-state index contributed by atoms with van der Waals surface area (Å²) in [7, 11) is 0. The number of allylic oxidation sites excluding steroid dienone is 3. The van der Waals surface area contributed by atoms with E-state index in [0.29, 0.717) is 18.0 Å². The molecule has 0 saturated heterocycles. The zero-order valence-corrected chi connectivity index (χ0v) is 14.4. The van der Waals surface area contributed by atoms with Crippen LogP contribution in [0.15, 0.2) is 46.7 Å². The second-order valence-electron chi connectivity index (χ2n) is 7.16. The van der Waals surface area contributed by atoms with Crippen molar-refractivity contribution in [2.75, 3.05) is 5.32 Å². The molecule has 2 aliphatic carbocycles. The molecule has 1 heterocycles. The first-order valence-electron chi connectivity index (χ1n) is 9.25. The fraction of sp³-hybridized carbons (Fsp3) is 0.450. The molecule has 0 atom stereocenters. The molecule has 1 saturated carbocycles. The van der Waals surface area contributed by atoms with Crippen molar-refractivity contribution in [2.24, 2.45) is 5.92 Å². The van der Waals surface area contributed by atoms with Gasteiger partial charge in [-0.3, -0.25) is 4.57 Å². The number of aromatic amines is 1. The Labute approximate surface area is 146 Å². The SMILES string of the molecule is O=c1[nH]c2cc(NC3=C(F)CCC=C3)ccc2n1CC1CCCCC1. The van der Waals surface area contributed by atoms with Crippen molar-refractivity contribution >= 4 is 16.7 Å². The highest BCUT2D eigenvalue weighted by Gasteiger charge is 2.17. The van der Waals surface area contributed by atoms with Crippen molar-refractivity contribution in [3.8, 4) is 0 Å². The topological polar surface area (TPSA) is 49.8 Å². The minimum Gasteiger partial charge on any atom is -0.353 e. The average Bonchev–Trinajstić information content (AvgIpc) is 2.93. The van der Waals surface area contributed by atoms with Gasteiger partial charge in [-0.05, 0) is 49.5 Å². The molecule has 2 N–H and O–H groups in total. The Morgan fingerprint density at radius 1 is 1.24 bits per heavy atom. The van der Waals surface area contributed by atoms with Gasteiger partial charge in [0.2, 0.25) is 0 Å². The molecule has 0 aliphatic heterocycles. The molecular formula is C20H24FN3O. The van der Waals surface area contributed by atoms with Gasteiger partial charge in [-0.1, -0.05) is 25.3 Å². The summed E-state index contributed by atoms with van der Waals surface area (Å²) in [6.07, 6.45) is 11.2. The number of imidazole rings is 1. The second kappa shape index (κ2) is 6.90. The van der Waals surface area contributed by atoms with Crippen LogP contribution in [0.25, 0.3) is 11.0 Å². The standard InChI is InChI=1S/C20H24FN3O/c21-16-8-4-5-9-17(16)22-15-10-11-19-18(12-15)23-20(25)24(19)13-14-6-2-1-3-7-14/h5,9-12,14,22H,1-4,6-8,13H2,(H,23,25). The van der Waals surface area contributed by atoms with E-state index in [1.165, 1.54) is 32.1 Å². The Morgan fingerprint density at radius 2 is 2.08 bits per heavy atom. The number of benzene rings is 1. The highest BCUT2D eigenvalue weighted by molar-refractivity contribution is 5.80. The second-order valence-corrected chi connectivity index (χ2v) is 7.16. The van der Waals surface area contributed by atoms with Crippen molar-refractivity contribution in [2.45, 2.75) is 51.5 Å². The normalized spacial score (nSPS) is 18.9. The third-order valence-electron chi connectivity index (χ3n) is 5.33. The number of nitrogens with zero attached hydrogens (tertiary/aromatic N) is 1. The van der Waals surface area contributed by atoms with Crippen LogP contribution in [0.5, 0.6) is 0 Å². The van der Waals surface area contributed by atoms with Crippen LogP contribution in [0.4, 0.5) is 10.1 Å². The number of fused-ring (bicyclic) bond motifs is 1. The summed E-state index contributed by atoms with van der Waals surface area (Å²) in [5.41, 5.74) is 2.96. The van der Waals surface area contributed by atoms with Gasteiger partial charge in [0.1, 0.15) is 5.83 Å². The molecule has 0 spiro atoms. The molecule has 2 aliphatic rings. The lowest BCUT2D eigenvalue weighted by Gasteiger charge is -2.21. The van der Waals surface area contributed by atoms with Crippen LogP contribution in [0.1, 0.15) is 44.9 Å². The molecule has 132 valence electrons. The predicted molar refractivity (Wildman–Crippen MR) is 99.3 cm³/mol. The first kappa shape index (κ1) is 16.2. The Morgan fingerprint density at radius 3 is 2.88 bits per heavy atom. The van der Waals surface area contributed by atoms with E-state index in [4.69, 9.17) is 0 Å². The summed E-state index contributed by atoms with van der Waals surface area (Å²) < 4.78 is 15.7. The van der Waals surface area contributed by atoms with Gasteiger partial charge in [0.15, 0.2) is 0 Å². The first-order chi connectivity index (χ1) is 12.2. The fourth-order valence-corrected chi connectivity index (χ4v) is 3.95. The summed E-state index contributed by atoms with van der Waals surface area (Å²) in [5.74, 6) is 0.473. The molecule has 0 unspecified atom stereocenters. The lowest BCUT2D eigenvalue weighted by molar-refractivity contribution is 0.319. The maximum atomic E-state index is 13.9. The number of anilines is 1. The van der Waals surface area contributed by atoms with E-state index in [1.54, 1.807) is 6.08 Å². The van der Waals surface area contributed by atoms with Crippen LogP contribution >= 0.6 is 0 Å². The minimum atomic E-state index is -0.119. The van der Waals surface area contributed by atoms with E-state index in [1.807, 2.05) is 28.8 Å². The number of aromatic nitrogens is 2. The number of H-pyrrole nitrogens is 1. The monoisotopic (exact) mass is 341 g/mol. The summed E-state index contributed by atoms with van der Waals surface area (Å²) >= 11 is 0. The van der Waals surface area contributed by atoms with Crippen LogP contribution < -0.4 is 11.0 Å². The van der Waals surface area contributed by atoms with Crippen LogP contribution in [-0.4, -0.2) is 9.55 Å². The van der Waals surface area contributed by atoms with Crippen LogP contribution in [0.3, 0.4) is 0 Å².